The lowest BCUT2D eigenvalue weighted by Gasteiger charge is -2.30. The standard InChI is InChI=1S/C17H26F2N4O2.HI/c1-12-4-5-15(25-16(18)19)13(8-12)9-21-17(20-2)22-10-14-11-23(3)6-7-24-14;/h4-5,8,14,16H,6-7,9-11H2,1-3H3,(H2,20,21,22);1H. The van der Waals surface area contributed by atoms with Crippen LogP contribution >= 0.6 is 24.0 Å². The lowest BCUT2D eigenvalue weighted by atomic mass is 10.1. The van der Waals surface area contributed by atoms with Crippen molar-refractivity contribution < 1.29 is 18.3 Å². The number of aliphatic imine (C=N–C) groups is 1. The van der Waals surface area contributed by atoms with E-state index >= 15 is 0 Å². The maximum atomic E-state index is 12.5. The highest BCUT2D eigenvalue weighted by atomic mass is 127. The van der Waals surface area contributed by atoms with Crippen molar-refractivity contribution in [2.24, 2.45) is 4.99 Å². The molecule has 0 aromatic heterocycles. The van der Waals surface area contributed by atoms with E-state index < -0.39 is 6.61 Å². The summed E-state index contributed by atoms with van der Waals surface area (Å²) in [4.78, 5) is 6.37. The summed E-state index contributed by atoms with van der Waals surface area (Å²) < 4.78 is 35.3. The maximum absolute atomic E-state index is 12.5. The quantitative estimate of drug-likeness (QED) is 0.369. The number of benzene rings is 1. The average molecular weight is 484 g/mol. The van der Waals surface area contributed by atoms with Crippen molar-refractivity contribution >= 4 is 29.9 Å². The summed E-state index contributed by atoms with van der Waals surface area (Å²) in [5.41, 5.74) is 1.62. The number of halogens is 3. The molecule has 0 radical (unpaired) electrons. The van der Waals surface area contributed by atoms with Gasteiger partial charge in [-0.3, -0.25) is 4.99 Å². The van der Waals surface area contributed by atoms with Gasteiger partial charge in [0, 0.05) is 38.8 Å². The van der Waals surface area contributed by atoms with Crippen LogP contribution < -0.4 is 15.4 Å². The molecule has 0 aliphatic carbocycles. The van der Waals surface area contributed by atoms with Gasteiger partial charge in [0.05, 0.1) is 12.7 Å². The fourth-order valence-corrected chi connectivity index (χ4v) is 2.66. The van der Waals surface area contributed by atoms with Crippen LogP contribution in [-0.2, 0) is 11.3 Å². The van der Waals surface area contributed by atoms with E-state index in [9.17, 15) is 8.78 Å². The Balaban J connectivity index is 0.00000338. The molecular formula is C17H27F2IN4O2. The fourth-order valence-electron chi connectivity index (χ4n) is 2.66. The van der Waals surface area contributed by atoms with Crippen LogP contribution in [0.5, 0.6) is 5.75 Å². The van der Waals surface area contributed by atoms with E-state index in [0.717, 1.165) is 18.7 Å². The number of morpholine rings is 1. The van der Waals surface area contributed by atoms with Crippen molar-refractivity contribution in [3.05, 3.63) is 29.3 Å². The number of ether oxygens (including phenoxy) is 2. The van der Waals surface area contributed by atoms with Crippen LogP contribution in [-0.4, -0.2) is 63.9 Å². The zero-order chi connectivity index (χ0) is 18.2. The Morgan fingerprint density at radius 1 is 1.42 bits per heavy atom. The number of alkyl halides is 2. The van der Waals surface area contributed by atoms with Crippen LogP contribution in [0.2, 0.25) is 0 Å². The molecule has 1 atom stereocenters. The fraction of sp³-hybridized carbons (Fsp3) is 0.588. The highest BCUT2D eigenvalue weighted by molar-refractivity contribution is 14.0. The molecule has 6 nitrogen and oxygen atoms in total. The molecule has 1 fully saturated rings. The van der Waals surface area contributed by atoms with Gasteiger partial charge >= 0.3 is 6.61 Å². The molecule has 1 unspecified atom stereocenters. The number of hydrogen-bond donors (Lipinski definition) is 2. The smallest absolute Gasteiger partial charge is 0.387 e. The Kier molecular flexibility index (Phi) is 10.1. The third-order valence-electron chi connectivity index (χ3n) is 3.94. The molecule has 1 aliphatic heterocycles. The molecule has 1 aliphatic rings. The van der Waals surface area contributed by atoms with Crippen LogP contribution in [0.15, 0.2) is 23.2 Å². The summed E-state index contributed by atoms with van der Waals surface area (Å²) in [7, 11) is 3.72. The van der Waals surface area contributed by atoms with Gasteiger partial charge in [-0.05, 0) is 20.0 Å². The van der Waals surface area contributed by atoms with Gasteiger partial charge in [0.25, 0.3) is 0 Å². The minimum atomic E-state index is -2.85. The summed E-state index contributed by atoms with van der Waals surface area (Å²) in [6.45, 7) is 2.51. The average Bonchev–Trinajstić information content (AvgIpc) is 2.57. The molecule has 1 aromatic carbocycles. The van der Waals surface area contributed by atoms with Gasteiger partial charge in [-0.15, -0.1) is 24.0 Å². The van der Waals surface area contributed by atoms with E-state index in [1.54, 1.807) is 19.2 Å². The van der Waals surface area contributed by atoms with E-state index in [4.69, 9.17) is 4.74 Å². The largest absolute Gasteiger partial charge is 0.434 e. The van der Waals surface area contributed by atoms with E-state index in [1.165, 1.54) is 0 Å². The third-order valence-corrected chi connectivity index (χ3v) is 3.94. The number of rotatable bonds is 6. The first-order chi connectivity index (χ1) is 12.0. The summed E-state index contributed by atoms with van der Waals surface area (Å²) >= 11 is 0. The number of aryl methyl sites for hydroxylation is 1. The summed E-state index contributed by atoms with van der Waals surface area (Å²) in [5.74, 6) is 0.752. The number of hydrogen-bond acceptors (Lipinski definition) is 4. The SMILES string of the molecule is CN=C(NCc1cc(C)ccc1OC(F)F)NCC1CN(C)CCO1.I. The zero-order valence-corrected chi connectivity index (χ0v) is 17.6. The summed E-state index contributed by atoms with van der Waals surface area (Å²) in [6, 6.07) is 5.11. The second-order valence-corrected chi connectivity index (χ2v) is 6.05. The molecule has 1 aromatic rings. The van der Waals surface area contributed by atoms with Gasteiger partial charge in [0.2, 0.25) is 0 Å². The number of nitrogens with zero attached hydrogens (tertiary/aromatic N) is 2. The van der Waals surface area contributed by atoms with Gasteiger partial charge in [0.15, 0.2) is 5.96 Å². The molecule has 1 heterocycles. The Hall–Kier alpha value is -1.20. The van der Waals surface area contributed by atoms with Crippen LogP contribution in [0.25, 0.3) is 0 Å². The van der Waals surface area contributed by atoms with Gasteiger partial charge in [-0.2, -0.15) is 8.78 Å². The first kappa shape index (κ1) is 22.8. The lowest BCUT2D eigenvalue weighted by molar-refractivity contribution is -0.0504. The van der Waals surface area contributed by atoms with Crippen LogP contribution in [0.3, 0.4) is 0 Å². The van der Waals surface area contributed by atoms with Gasteiger partial charge in [-0.25, -0.2) is 0 Å². The molecule has 9 heteroatoms. The summed E-state index contributed by atoms with van der Waals surface area (Å²) in [6.07, 6.45) is 0.0917. The molecule has 0 spiro atoms. The molecular weight excluding hydrogens is 457 g/mol. The van der Waals surface area contributed by atoms with Crippen molar-refractivity contribution in [3.63, 3.8) is 0 Å². The zero-order valence-electron chi connectivity index (χ0n) is 15.3. The van der Waals surface area contributed by atoms with Crippen LogP contribution in [0.1, 0.15) is 11.1 Å². The predicted octanol–water partition coefficient (Wildman–Crippen LogP) is 2.21. The third kappa shape index (κ3) is 7.58. The molecule has 148 valence electrons. The number of guanidine groups is 1. The normalized spacial score (nSPS) is 18.4. The van der Waals surface area contributed by atoms with Crippen molar-refractivity contribution in [1.82, 2.24) is 15.5 Å². The van der Waals surface area contributed by atoms with Crippen LogP contribution in [0, 0.1) is 6.92 Å². The van der Waals surface area contributed by atoms with E-state index in [0.29, 0.717) is 31.2 Å². The Labute approximate surface area is 170 Å². The Bertz CT molecular complexity index is 590. The molecule has 0 saturated carbocycles. The first-order valence-electron chi connectivity index (χ1n) is 8.27. The topological polar surface area (TPSA) is 58.1 Å². The van der Waals surface area contributed by atoms with Crippen LogP contribution in [0.4, 0.5) is 8.78 Å². The van der Waals surface area contributed by atoms with Crippen molar-refractivity contribution in [1.29, 1.82) is 0 Å². The minimum Gasteiger partial charge on any atom is -0.434 e. The molecule has 0 amide bonds. The minimum absolute atomic E-state index is 0. The Morgan fingerprint density at radius 2 is 2.19 bits per heavy atom. The molecule has 1 saturated heterocycles. The van der Waals surface area contributed by atoms with E-state index in [-0.39, 0.29) is 35.8 Å². The monoisotopic (exact) mass is 484 g/mol. The van der Waals surface area contributed by atoms with E-state index in [1.807, 2.05) is 13.0 Å². The van der Waals surface area contributed by atoms with Crippen molar-refractivity contribution in [3.8, 4) is 5.75 Å². The van der Waals surface area contributed by atoms with Gasteiger partial charge in [-0.1, -0.05) is 17.7 Å². The maximum Gasteiger partial charge on any atom is 0.387 e. The second kappa shape index (κ2) is 11.5. The van der Waals surface area contributed by atoms with Gasteiger partial charge < -0.3 is 25.0 Å². The van der Waals surface area contributed by atoms with Crippen molar-refractivity contribution in [2.75, 3.05) is 40.3 Å². The van der Waals surface area contributed by atoms with Gasteiger partial charge in [0.1, 0.15) is 5.75 Å². The molecule has 2 rings (SSSR count). The molecule has 0 bridgehead atoms. The highest BCUT2D eigenvalue weighted by Gasteiger charge is 2.18. The second-order valence-electron chi connectivity index (χ2n) is 6.05. The van der Waals surface area contributed by atoms with E-state index in [2.05, 4.69) is 32.3 Å². The number of nitrogens with one attached hydrogen (secondary N) is 2. The molecule has 2 N–H and O–H groups in total. The Morgan fingerprint density at radius 3 is 2.85 bits per heavy atom. The predicted molar refractivity (Wildman–Crippen MR) is 109 cm³/mol. The summed E-state index contributed by atoms with van der Waals surface area (Å²) in [5, 5.41) is 6.33. The highest BCUT2D eigenvalue weighted by Crippen LogP contribution is 2.21. The number of likely N-dealkylation sites (N-methyl/N-ethyl adjacent to an activating group) is 1. The van der Waals surface area contributed by atoms with Crippen molar-refractivity contribution in [2.45, 2.75) is 26.2 Å². The lowest BCUT2D eigenvalue weighted by Crippen LogP contribution is -2.48. The molecule has 26 heavy (non-hydrogen) atoms. The first-order valence-corrected chi connectivity index (χ1v) is 8.27.